The molecule has 0 radical (unpaired) electrons. The van der Waals surface area contributed by atoms with E-state index < -0.39 is 0 Å². The molecular weight excluding hydrogens is 292 g/mol. The summed E-state index contributed by atoms with van der Waals surface area (Å²) in [6, 6.07) is 0.463. The summed E-state index contributed by atoms with van der Waals surface area (Å²) in [5.41, 5.74) is 0. The van der Waals surface area contributed by atoms with Gasteiger partial charge in [0, 0.05) is 0 Å². The summed E-state index contributed by atoms with van der Waals surface area (Å²) in [7, 11) is 0. The lowest BCUT2D eigenvalue weighted by atomic mass is 9.96. The number of tetrazole rings is 1. The lowest BCUT2D eigenvalue weighted by Crippen LogP contribution is -2.15. The molecule has 108 valence electrons. The summed E-state index contributed by atoms with van der Waals surface area (Å²) in [6.45, 7) is 4.11. The molecule has 2 heterocycles. The Morgan fingerprint density at radius 3 is 2.70 bits per heavy atom. The van der Waals surface area contributed by atoms with Crippen molar-refractivity contribution in [3.8, 4) is 0 Å². The van der Waals surface area contributed by atoms with Gasteiger partial charge in [-0.05, 0) is 37.1 Å². The zero-order valence-electron chi connectivity index (χ0n) is 11.7. The van der Waals surface area contributed by atoms with Crippen LogP contribution in [0.4, 0.5) is 0 Å². The fraction of sp³-hybridized carbons (Fsp3) is 0.750. The van der Waals surface area contributed by atoms with E-state index in [1.165, 1.54) is 32.1 Å². The molecular formula is C12H18N6S2. The van der Waals surface area contributed by atoms with Gasteiger partial charge >= 0.3 is 0 Å². The second kappa shape index (κ2) is 6.17. The molecule has 1 fully saturated rings. The fourth-order valence-corrected chi connectivity index (χ4v) is 4.26. The maximum Gasteiger partial charge on any atom is 0.210 e. The van der Waals surface area contributed by atoms with Gasteiger partial charge in [0.05, 0.1) is 11.3 Å². The highest BCUT2D eigenvalue weighted by molar-refractivity contribution is 7.99. The molecule has 0 saturated heterocycles. The van der Waals surface area contributed by atoms with Crippen LogP contribution in [0.15, 0.2) is 5.16 Å². The first kappa shape index (κ1) is 13.9. The summed E-state index contributed by atoms with van der Waals surface area (Å²) < 4.78 is 2.01. The largest absolute Gasteiger partial charge is 0.217 e. The maximum absolute atomic E-state index is 4.21. The highest BCUT2D eigenvalue weighted by Crippen LogP contribution is 2.37. The van der Waals surface area contributed by atoms with Crippen LogP contribution in [0.3, 0.4) is 0 Å². The first-order valence-corrected chi connectivity index (χ1v) is 8.68. The summed E-state index contributed by atoms with van der Waals surface area (Å²) >= 11 is 3.31. The van der Waals surface area contributed by atoms with Crippen LogP contribution in [0, 0.1) is 6.92 Å². The molecule has 1 aliphatic carbocycles. The molecule has 0 bridgehead atoms. The van der Waals surface area contributed by atoms with E-state index in [0.29, 0.717) is 6.04 Å². The Morgan fingerprint density at radius 2 is 2.00 bits per heavy atom. The molecule has 0 amide bonds. The van der Waals surface area contributed by atoms with Crippen molar-refractivity contribution in [2.24, 2.45) is 0 Å². The number of rotatable bonds is 4. The second-order valence-corrected chi connectivity index (χ2v) is 7.64. The highest BCUT2D eigenvalue weighted by Gasteiger charge is 2.22. The molecule has 6 nitrogen and oxygen atoms in total. The van der Waals surface area contributed by atoms with Crippen molar-refractivity contribution in [2.75, 3.05) is 0 Å². The van der Waals surface area contributed by atoms with E-state index in [4.69, 9.17) is 0 Å². The maximum atomic E-state index is 4.21. The minimum atomic E-state index is 0.231. The van der Waals surface area contributed by atoms with Gasteiger partial charge in [0.1, 0.15) is 10.0 Å². The number of hydrogen-bond donors (Lipinski definition) is 0. The van der Waals surface area contributed by atoms with Crippen molar-refractivity contribution in [3.63, 3.8) is 0 Å². The quantitative estimate of drug-likeness (QED) is 0.808. The molecule has 1 atom stereocenters. The summed E-state index contributed by atoms with van der Waals surface area (Å²) in [5, 5.41) is 23.7. The average Bonchev–Trinajstić information content (AvgIpc) is 3.09. The van der Waals surface area contributed by atoms with E-state index >= 15 is 0 Å². The van der Waals surface area contributed by atoms with Crippen molar-refractivity contribution in [1.29, 1.82) is 0 Å². The number of nitrogens with zero attached hydrogens (tertiary/aromatic N) is 6. The molecule has 0 unspecified atom stereocenters. The van der Waals surface area contributed by atoms with E-state index in [1.807, 2.05) is 11.6 Å². The minimum Gasteiger partial charge on any atom is -0.217 e. The number of aryl methyl sites for hydroxylation is 1. The van der Waals surface area contributed by atoms with Crippen molar-refractivity contribution >= 4 is 23.1 Å². The fourth-order valence-electron chi connectivity index (χ4n) is 2.50. The Hall–Kier alpha value is -1.02. The molecule has 1 saturated carbocycles. The Kier molecular flexibility index (Phi) is 4.30. The number of thioether (sulfide) groups is 1. The lowest BCUT2D eigenvalue weighted by molar-refractivity contribution is 0.307. The van der Waals surface area contributed by atoms with Gasteiger partial charge in [-0.2, -0.15) is 0 Å². The van der Waals surface area contributed by atoms with Gasteiger partial charge in [0.15, 0.2) is 0 Å². The zero-order valence-corrected chi connectivity index (χ0v) is 13.3. The predicted octanol–water partition coefficient (Wildman–Crippen LogP) is 3.19. The van der Waals surface area contributed by atoms with Crippen molar-refractivity contribution < 1.29 is 0 Å². The van der Waals surface area contributed by atoms with E-state index in [0.717, 1.165) is 15.2 Å². The second-order valence-electron chi connectivity index (χ2n) is 5.12. The van der Waals surface area contributed by atoms with Crippen LogP contribution < -0.4 is 0 Å². The van der Waals surface area contributed by atoms with Gasteiger partial charge < -0.3 is 0 Å². The minimum absolute atomic E-state index is 0.231. The SMILES string of the molecule is Cc1nnc([C@@H](C)Sc2nnnn2C2CCCCC2)s1. The van der Waals surface area contributed by atoms with Crippen LogP contribution in [-0.2, 0) is 0 Å². The van der Waals surface area contributed by atoms with E-state index in [2.05, 4.69) is 32.6 Å². The first-order chi connectivity index (χ1) is 9.74. The molecule has 0 aromatic carbocycles. The van der Waals surface area contributed by atoms with Gasteiger partial charge in [-0.3, -0.25) is 0 Å². The van der Waals surface area contributed by atoms with E-state index in [9.17, 15) is 0 Å². The topological polar surface area (TPSA) is 69.4 Å². The molecule has 0 N–H and O–H groups in total. The lowest BCUT2D eigenvalue weighted by Gasteiger charge is -2.22. The Morgan fingerprint density at radius 1 is 1.20 bits per heavy atom. The van der Waals surface area contributed by atoms with Crippen LogP contribution in [0.25, 0.3) is 0 Å². The molecule has 0 spiro atoms. The van der Waals surface area contributed by atoms with Crippen LogP contribution in [-0.4, -0.2) is 30.4 Å². The smallest absolute Gasteiger partial charge is 0.210 e. The van der Waals surface area contributed by atoms with Gasteiger partial charge in [-0.1, -0.05) is 31.0 Å². The molecule has 0 aliphatic heterocycles. The third-order valence-electron chi connectivity index (χ3n) is 3.55. The first-order valence-electron chi connectivity index (χ1n) is 6.98. The van der Waals surface area contributed by atoms with Gasteiger partial charge in [-0.15, -0.1) is 26.6 Å². The Bertz CT molecular complexity index is 560. The van der Waals surface area contributed by atoms with E-state index in [-0.39, 0.29) is 5.25 Å². The third-order valence-corrected chi connectivity index (χ3v) is 5.78. The van der Waals surface area contributed by atoms with Crippen molar-refractivity contribution in [2.45, 2.75) is 62.4 Å². The number of aromatic nitrogens is 6. The molecule has 1 aliphatic rings. The van der Waals surface area contributed by atoms with Crippen LogP contribution in [0.2, 0.25) is 0 Å². The predicted molar refractivity (Wildman–Crippen MR) is 78.9 cm³/mol. The van der Waals surface area contributed by atoms with Gasteiger partial charge in [0.2, 0.25) is 5.16 Å². The van der Waals surface area contributed by atoms with Crippen molar-refractivity contribution in [3.05, 3.63) is 10.0 Å². The molecule has 3 rings (SSSR count). The monoisotopic (exact) mass is 310 g/mol. The molecule has 2 aromatic rings. The number of hydrogen-bond acceptors (Lipinski definition) is 7. The van der Waals surface area contributed by atoms with Crippen LogP contribution >= 0.6 is 23.1 Å². The summed E-state index contributed by atoms with van der Waals surface area (Å²) in [5.74, 6) is 0. The van der Waals surface area contributed by atoms with Crippen molar-refractivity contribution in [1.82, 2.24) is 30.4 Å². The molecule has 2 aromatic heterocycles. The highest BCUT2D eigenvalue weighted by atomic mass is 32.2. The summed E-state index contributed by atoms with van der Waals surface area (Å²) in [4.78, 5) is 0. The zero-order chi connectivity index (χ0) is 13.9. The third kappa shape index (κ3) is 3.01. The van der Waals surface area contributed by atoms with Crippen LogP contribution in [0.1, 0.15) is 60.3 Å². The molecule has 20 heavy (non-hydrogen) atoms. The average molecular weight is 310 g/mol. The summed E-state index contributed by atoms with van der Waals surface area (Å²) in [6.07, 6.45) is 6.26. The molecule has 8 heteroatoms. The normalized spacial score (nSPS) is 18.3. The standard InChI is InChI=1S/C12H18N6S2/c1-8(11-14-13-9(2)20-11)19-12-15-16-17-18(12)10-6-4-3-5-7-10/h8,10H,3-7H2,1-2H3/t8-/m1/s1. The van der Waals surface area contributed by atoms with Gasteiger partial charge in [-0.25, -0.2) is 4.68 Å². The van der Waals surface area contributed by atoms with Gasteiger partial charge in [0.25, 0.3) is 0 Å². The Balaban J connectivity index is 1.72. The van der Waals surface area contributed by atoms with Crippen LogP contribution in [0.5, 0.6) is 0 Å². The van der Waals surface area contributed by atoms with E-state index in [1.54, 1.807) is 23.1 Å². The Labute approximate surface area is 126 Å².